The second kappa shape index (κ2) is 15.8. The Kier molecular flexibility index (Phi) is 9.20. The molecule has 0 fully saturated rings. The molecule has 11 aromatic carbocycles. The lowest BCUT2D eigenvalue weighted by Gasteiger charge is -2.26. The van der Waals surface area contributed by atoms with Gasteiger partial charge in [-0.1, -0.05) is 188 Å². The van der Waals surface area contributed by atoms with Crippen LogP contribution in [0.15, 0.2) is 255 Å². The van der Waals surface area contributed by atoms with Crippen molar-refractivity contribution in [2.24, 2.45) is 0 Å². The van der Waals surface area contributed by atoms with Crippen LogP contribution < -0.4 is 4.90 Å². The maximum atomic E-state index is 2.39. The summed E-state index contributed by atoms with van der Waals surface area (Å²) >= 11 is 0. The van der Waals surface area contributed by atoms with Gasteiger partial charge < -0.3 is 9.47 Å². The average Bonchev–Trinajstić information content (AvgIpc) is 3.71. The van der Waals surface area contributed by atoms with E-state index in [0.29, 0.717) is 0 Å². The van der Waals surface area contributed by atoms with Crippen LogP contribution in [0.1, 0.15) is 0 Å². The Morgan fingerprint density at radius 2 is 0.703 bits per heavy atom. The molecule has 0 atom stereocenters. The molecule has 12 aromatic rings. The first-order chi connectivity index (χ1) is 31.7. The average molecular weight is 815 g/mol. The van der Waals surface area contributed by atoms with Crippen molar-refractivity contribution in [1.29, 1.82) is 0 Å². The highest BCUT2D eigenvalue weighted by Gasteiger charge is 2.17. The van der Waals surface area contributed by atoms with Gasteiger partial charge in [0.25, 0.3) is 0 Å². The Hall–Kier alpha value is -8.46. The molecule has 0 N–H and O–H groups in total. The Morgan fingerprint density at radius 3 is 1.31 bits per heavy atom. The molecule has 1 aromatic heterocycles. The fraction of sp³-hybridized carbons (Fsp3) is 0. The first-order valence-corrected chi connectivity index (χ1v) is 22.0. The zero-order valence-corrected chi connectivity index (χ0v) is 35.1. The quantitative estimate of drug-likeness (QED) is 0.148. The maximum absolute atomic E-state index is 2.39. The molecule has 0 aliphatic heterocycles. The van der Waals surface area contributed by atoms with E-state index in [0.717, 1.165) is 22.7 Å². The molecule has 64 heavy (non-hydrogen) atoms. The van der Waals surface area contributed by atoms with Crippen molar-refractivity contribution in [3.63, 3.8) is 0 Å². The summed E-state index contributed by atoms with van der Waals surface area (Å²) in [5, 5.41) is 7.52. The summed E-state index contributed by atoms with van der Waals surface area (Å²) in [6.45, 7) is 0. The van der Waals surface area contributed by atoms with Crippen LogP contribution in [-0.4, -0.2) is 4.57 Å². The lowest BCUT2D eigenvalue weighted by Crippen LogP contribution is -2.09. The van der Waals surface area contributed by atoms with Gasteiger partial charge in [-0.25, -0.2) is 0 Å². The monoisotopic (exact) mass is 814 g/mol. The molecule has 0 spiro atoms. The van der Waals surface area contributed by atoms with Crippen LogP contribution >= 0.6 is 0 Å². The minimum Gasteiger partial charge on any atom is -0.311 e. The number of anilines is 3. The van der Waals surface area contributed by atoms with Gasteiger partial charge in [0, 0.05) is 33.5 Å². The Labute approximate surface area is 373 Å². The van der Waals surface area contributed by atoms with E-state index in [4.69, 9.17) is 0 Å². The number of hydrogen-bond donors (Lipinski definition) is 0. The van der Waals surface area contributed by atoms with E-state index < -0.39 is 0 Å². The van der Waals surface area contributed by atoms with Crippen LogP contribution in [0, 0.1) is 0 Å². The fourth-order valence-electron chi connectivity index (χ4n) is 9.68. The minimum atomic E-state index is 1.09. The highest BCUT2D eigenvalue weighted by Crippen LogP contribution is 2.41. The Bertz CT molecular complexity index is 3580. The van der Waals surface area contributed by atoms with Crippen molar-refractivity contribution in [1.82, 2.24) is 4.57 Å². The molecule has 0 bridgehead atoms. The van der Waals surface area contributed by atoms with Gasteiger partial charge in [-0.2, -0.15) is 0 Å². The zero-order valence-electron chi connectivity index (χ0n) is 35.1. The van der Waals surface area contributed by atoms with Crippen molar-refractivity contribution in [3.8, 4) is 50.2 Å². The second-order valence-corrected chi connectivity index (χ2v) is 16.5. The molecule has 0 aliphatic carbocycles. The number of nitrogens with zero attached hydrogens (tertiary/aromatic N) is 2. The van der Waals surface area contributed by atoms with E-state index in [9.17, 15) is 0 Å². The molecule has 0 amide bonds. The van der Waals surface area contributed by atoms with Gasteiger partial charge in [0.1, 0.15) is 0 Å². The van der Waals surface area contributed by atoms with Crippen molar-refractivity contribution in [2.75, 3.05) is 4.90 Å². The van der Waals surface area contributed by atoms with Gasteiger partial charge in [0.2, 0.25) is 0 Å². The lowest BCUT2D eigenvalue weighted by molar-refractivity contribution is 1.18. The van der Waals surface area contributed by atoms with Crippen LogP contribution in [0.3, 0.4) is 0 Å². The number of fused-ring (bicyclic) bond motifs is 5. The normalized spacial score (nSPS) is 11.4. The SMILES string of the molecule is c1ccc(-c2cccc3cccc(-c4ccc(N(c5ccc(-c6cccc(-n7c8ccccc8c8ccccc87)c6)cc5)c5ccc(-c6ccc7ccccc7c6)cc5)cc4)c23)cc1. The van der Waals surface area contributed by atoms with Crippen LogP contribution in [0.4, 0.5) is 17.1 Å². The number of rotatable bonds is 8. The van der Waals surface area contributed by atoms with Gasteiger partial charge in [0.05, 0.1) is 11.0 Å². The number of para-hydroxylation sites is 2. The summed E-state index contributed by atoms with van der Waals surface area (Å²) in [5.41, 5.74) is 16.4. The van der Waals surface area contributed by atoms with Crippen molar-refractivity contribution in [3.05, 3.63) is 255 Å². The molecule has 0 saturated heterocycles. The van der Waals surface area contributed by atoms with Crippen molar-refractivity contribution >= 4 is 60.4 Å². The van der Waals surface area contributed by atoms with Gasteiger partial charge in [-0.3, -0.25) is 0 Å². The molecule has 2 heteroatoms. The standard InChI is InChI=1S/C62H42N2/c1-2-14-46(15-3-1)56-23-11-17-48-18-12-24-57(62(48)56)47-33-39-54(40-34-47)63(53-37-31-45(32-38-53)51-28-27-43-13-4-5-16-49(43)41-51)52-35-29-44(30-36-52)50-19-10-20-55(42-50)64-60-25-8-6-21-58(60)59-22-7-9-26-61(59)64/h1-42H. The molecular weight excluding hydrogens is 773 g/mol. The number of hydrogen-bond acceptors (Lipinski definition) is 1. The molecule has 0 saturated carbocycles. The van der Waals surface area contributed by atoms with Crippen LogP contribution in [0.25, 0.3) is 93.5 Å². The summed E-state index contributed by atoms with van der Waals surface area (Å²) in [7, 11) is 0. The summed E-state index contributed by atoms with van der Waals surface area (Å²) in [4.78, 5) is 2.37. The van der Waals surface area contributed by atoms with E-state index in [-0.39, 0.29) is 0 Å². The first kappa shape index (κ1) is 37.3. The molecule has 0 radical (unpaired) electrons. The zero-order chi connectivity index (χ0) is 42.4. The highest BCUT2D eigenvalue weighted by atomic mass is 15.1. The maximum Gasteiger partial charge on any atom is 0.0541 e. The van der Waals surface area contributed by atoms with E-state index >= 15 is 0 Å². The largest absolute Gasteiger partial charge is 0.311 e. The first-order valence-electron chi connectivity index (χ1n) is 22.0. The third-order valence-corrected chi connectivity index (χ3v) is 12.8. The third-order valence-electron chi connectivity index (χ3n) is 12.8. The highest BCUT2D eigenvalue weighted by molar-refractivity contribution is 6.09. The summed E-state index contributed by atoms with van der Waals surface area (Å²) in [6, 6.07) is 92.6. The molecule has 0 aliphatic rings. The summed E-state index contributed by atoms with van der Waals surface area (Å²) < 4.78 is 2.39. The number of aromatic nitrogens is 1. The number of benzene rings is 11. The Balaban J connectivity index is 0.932. The predicted octanol–water partition coefficient (Wildman–Crippen LogP) is 17.2. The molecule has 300 valence electrons. The predicted molar refractivity (Wildman–Crippen MR) is 272 cm³/mol. The summed E-state index contributed by atoms with van der Waals surface area (Å²) in [5.74, 6) is 0. The van der Waals surface area contributed by atoms with E-state index in [1.807, 2.05) is 0 Å². The molecular formula is C62H42N2. The van der Waals surface area contributed by atoms with Gasteiger partial charge in [-0.05, 0) is 133 Å². The molecule has 0 unspecified atom stereocenters. The third kappa shape index (κ3) is 6.61. The second-order valence-electron chi connectivity index (χ2n) is 16.5. The van der Waals surface area contributed by atoms with Gasteiger partial charge in [-0.15, -0.1) is 0 Å². The van der Waals surface area contributed by atoms with Crippen LogP contribution in [0.5, 0.6) is 0 Å². The van der Waals surface area contributed by atoms with Crippen molar-refractivity contribution in [2.45, 2.75) is 0 Å². The van der Waals surface area contributed by atoms with Gasteiger partial charge in [0.15, 0.2) is 0 Å². The molecule has 12 rings (SSSR count). The van der Waals surface area contributed by atoms with Gasteiger partial charge >= 0.3 is 0 Å². The van der Waals surface area contributed by atoms with E-state index in [1.165, 1.54) is 87.9 Å². The molecule has 2 nitrogen and oxygen atoms in total. The van der Waals surface area contributed by atoms with E-state index in [2.05, 4.69) is 264 Å². The lowest BCUT2D eigenvalue weighted by atomic mass is 9.91. The topological polar surface area (TPSA) is 8.17 Å². The minimum absolute atomic E-state index is 1.09. The van der Waals surface area contributed by atoms with Crippen LogP contribution in [-0.2, 0) is 0 Å². The summed E-state index contributed by atoms with van der Waals surface area (Å²) in [6.07, 6.45) is 0. The smallest absolute Gasteiger partial charge is 0.0541 e. The van der Waals surface area contributed by atoms with Crippen LogP contribution in [0.2, 0.25) is 0 Å². The molecule has 1 heterocycles. The van der Waals surface area contributed by atoms with E-state index in [1.54, 1.807) is 0 Å². The van der Waals surface area contributed by atoms with Crippen molar-refractivity contribution < 1.29 is 0 Å². The fourth-order valence-corrected chi connectivity index (χ4v) is 9.68. The Morgan fingerprint density at radius 1 is 0.266 bits per heavy atom.